The molecule has 1 aromatic carbocycles. The summed E-state index contributed by atoms with van der Waals surface area (Å²) in [5.74, 6) is 0.358. The van der Waals surface area contributed by atoms with Crippen molar-refractivity contribution in [3.05, 3.63) is 23.8 Å². The Hall–Kier alpha value is -2.46. The van der Waals surface area contributed by atoms with E-state index < -0.39 is 24.1 Å². The first-order chi connectivity index (χ1) is 20.4. The van der Waals surface area contributed by atoms with Gasteiger partial charge < -0.3 is 30.3 Å². The van der Waals surface area contributed by atoms with Crippen molar-refractivity contribution in [1.82, 2.24) is 10.2 Å². The monoisotopic (exact) mass is 616 g/mol. The number of thioether (sulfide) groups is 1. The van der Waals surface area contributed by atoms with Crippen LogP contribution in [0.1, 0.15) is 77.7 Å². The van der Waals surface area contributed by atoms with E-state index in [9.17, 15) is 29.7 Å². The molecule has 3 saturated carbocycles. The average Bonchev–Trinajstić information content (AvgIpc) is 3.22. The number of aliphatic hydroxyl groups excluding tert-OH is 1. The lowest BCUT2D eigenvalue weighted by Crippen LogP contribution is -2.60. The van der Waals surface area contributed by atoms with Crippen molar-refractivity contribution in [1.29, 1.82) is 0 Å². The Bertz CT molecular complexity index is 1200. The van der Waals surface area contributed by atoms with Gasteiger partial charge in [-0.05, 0) is 78.4 Å². The highest BCUT2D eigenvalue weighted by Gasteiger charge is 2.72. The molecule has 0 spiro atoms. The van der Waals surface area contributed by atoms with Gasteiger partial charge in [0, 0.05) is 24.5 Å². The molecule has 4 aliphatic rings. The molecule has 10 heteroatoms. The van der Waals surface area contributed by atoms with Gasteiger partial charge in [0.15, 0.2) is 11.5 Å². The Morgan fingerprint density at radius 3 is 2.51 bits per heavy atom. The second kappa shape index (κ2) is 12.9. The lowest BCUT2D eigenvalue weighted by molar-refractivity contribution is -0.156. The molecule has 1 saturated heterocycles. The predicted octanol–water partition coefficient (Wildman–Crippen LogP) is 4.02. The van der Waals surface area contributed by atoms with Crippen LogP contribution in [-0.2, 0) is 25.5 Å². The number of carbonyl (C=O) groups excluding carboxylic acids is 3. The largest absolute Gasteiger partial charge is 0.504 e. The lowest BCUT2D eigenvalue weighted by atomic mass is 9.83. The van der Waals surface area contributed by atoms with E-state index in [0.717, 1.165) is 38.5 Å². The molecule has 3 aliphatic carbocycles. The van der Waals surface area contributed by atoms with E-state index in [4.69, 9.17) is 4.74 Å². The van der Waals surface area contributed by atoms with Gasteiger partial charge >= 0.3 is 5.97 Å². The Morgan fingerprint density at radius 2 is 1.84 bits per heavy atom. The van der Waals surface area contributed by atoms with Crippen LogP contribution in [0.25, 0.3) is 0 Å². The normalized spacial score (nSPS) is 29.8. The smallest absolute Gasteiger partial charge is 0.329 e. The highest BCUT2D eigenvalue weighted by Crippen LogP contribution is 2.78. The standard InChI is InChI=1S/C33H48N2O7S/c1-32(2)28-22(11-13-33(28,32)3)12-15-42-31(41)23-19-43-16-14-35(23)30(40)27(21-7-5-4-6-8-21)34-29(39)26(38)18-20-9-10-24(36)25(37)17-20/h9-10,17,21-23,26-28,36-38H,4-8,11-16,18-19H2,1-3H3,(H,34,39)/t22?,23-,26+,27-,28?,33?/m0/s1. The van der Waals surface area contributed by atoms with E-state index in [-0.39, 0.29) is 35.7 Å². The maximum atomic E-state index is 14.1. The lowest BCUT2D eigenvalue weighted by Gasteiger charge is -2.39. The first-order valence-corrected chi connectivity index (χ1v) is 17.1. The van der Waals surface area contributed by atoms with Crippen molar-refractivity contribution in [3.8, 4) is 11.5 Å². The summed E-state index contributed by atoms with van der Waals surface area (Å²) < 4.78 is 5.81. The maximum absolute atomic E-state index is 14.1. The number of carbonyl (C=O) groups is 3. The number of nitrogens with zero attached hydrogens (tertiary/aromatic N) is 1. The topological polar surface area (TPSA) is 136 Å². The van der Waals surface area contributed by atoms with Crippen molar-refractivity contribution in [3.63, 3.8) is 0 Å². The predicted molar refractivity (Wildman–Crippen MR) is 164 cm³/mol. The molecule has 4 N–H and O–H groups in total. The second-order valence-electron chi connectivity index (χ2n) is 13.9. The molecule has 0 bridgehead atoms. The van der Waals surface area contributed by atoms with Crippen LogP contribution in [-0.4, -0.2) is 80.8 Å². The Balaban J connectivity index is 1.22. The number of aromatic hydroxyl groups is 2. The van der Waals surface area contributed by atoms with E-state index in [1.807, 2.05) is 0 Å². The SMILES string of the molecule is CC1(C)C2C(CCOC(=O)[C@@H]3CSCCN3C(=O)[C@@H](NC(=O)[C@H](O)Cc3ccc(O)c(O)c3)C3CCCCC3)CCC21C. The minimum absolute atomic E-state index is 0.0834. The van der Waals surface area contributed by atoms with Crippen LogP contribution in [0, 0.1) is 28.6 Å². The van der Waals surface area contributed by atoms with E-state index in [1.165, 1.54) is 31.0 Å². The minimum Gasteiger partial charge on any atom is -0.504 e. The number of benzene rings is 1. The molecule has 1 aliphatic heterocycles. The summed E-state index contributed by atoms with van der Waals surface area (Å²) in [6.45, 7) is 7.83. The van der Waals surface area contributed by atoms with Gasteiger partial charge in [0.05, 0.1) is 6.61 Å². The van der Waals surface area contributed by atoms with E-state index >= 15 is 0 Å². The average molecular weight is 617 g/mol. The molecule has 43 heavy (non-hydrogen) atoms. The zero-order valence-corrected chi connectivity index (χ0v) is 26.5. The Morgan fingerprint density at radius 1 is 1.09 bits per heavy atom. The quantitative estimate of drug-likeness (QED) is 0.229. The van der Waals surface area contributed by atoms with Crippen molar-refractivity contribution in [2.24, 2.45) is 28.6 Å². The van der Waals surface area contributed by atoms with Crippen LogP contribution >= 0.6 is 11.8 Å². The zero-order chi connectivity index (χ0) is 30.9. The van der Waals surface area contributed by atoms with Crippen LogP contribution in [0.4, 0.5) is 0 Å². The van der Waals surface area contributed by atoms with Crippen molar-refractivity contribution < 1.29 is 34.4 Å². The van der Waals surface area contributed by atoms with Crippen molar-refractivity contribution >= 4 is 29.5 Å². The van der Waals surface area contributed by atoms with Crippen LogP contribution in [0.15, 0.2) is 18.2 Å². The van der Waals surface area contributed by atoms with Crippen molar-refractivity contribution in [2.75, 3.05) is 24.7 Å². The fraction of sp³-hybridized carbons (Fsp3) is 0.727. The van der Waals surface area contributed by atoms with Gasteiger partial charge in [-0.1, -0.05) is 46.1 Å². The maximum Gasteiger partial charge on any atom is 0.329 e. The number of rotatable bonds is 10. The third kappa shape index (κ3) is 6.51. The summed E-state index contributed by atoms with van der Waals surface area (Å²) in [5.41, 5.74) is 1.23. The number of ether oxygens (including phenoxy) is 1. The van der Waals surface area contributed by atoms with E-state index in [2.05, 4.69) is 26.1 Å². The van der Waals surface area contributed by atoms with Crippen molar-refractivity contribution in [2.45, 2.75) is 96.7 Å². The third-order valence-corrected chi connectivity index (χ3v) is 12.3. The fourth-order valence-electron chi connectivity index (χ4n) is 8.43. The summed E-state index contributed by atoms with van der Waals surface area (Å²) in [4.78, 5) is 42.2. The van der Waals surface area contributed by atoms with Gasteiger partial charge in [0.25, 0.3) is 0 Å². The molecule has 2 amide bonds. The molecule has 1 heterocycles. The van der Waals surface area contributed by atoms with Gasteiger partial charge in [-0.3, -0.25) is 9.59 Å². The Labute approximate surface area is 259 Å². The first kappa shape index (κ1) is 31.9. The van der Waals surface area contributed by atoms with Gasteiger partial charge in [-0.2, -0.15) is 11.8 Å². The second-order valence-corrected chi connectivity index (χ2v) is 15.1. The number of hydrogen-bond acceptors (Lipinski definition) is 8. The fourth-order valence-corrected chi connectivity index (χ4v) is 9.46. The number of nitrogens with one attached hydrogen (secondary N) is 1. The molecule has 0 aromatic heterocycles. The minimum atomic E-state index is -1.45. The van der Waals surface area contributed by atoms with Crippen LogP contribution < -0.4 is 5.32 Å². The van der Waals surface area contributed by atoms with E-state index in [0.29, 0.717) is 52.9 Å². The molecular formula is C33H48N2O7S. The van der Waals surface area contributed by atoms with E-state index in [1.54, 1.807) is 16.7 Å². The molecule has 238 valence electrons. The van der Waals surface area contributed by atoms with Crippen LogP contribution in [0.3, 0.4) is 0 Å². The number of aliphatic hydroxyl groups is 1. The molecule has 5 rings (SSSR count). The molecule has 6 atom stereocenters. The molecular weight excluding hydrogens is 568 g/mol. The summed E-state index contributed by atoms with van der Waals surface area (Å²) in [7, 11) is 0. The number of amides is 2. The summed E-state index contributed by atoms with van der Waals surface area (Å²) in [6, 6.07) is 2.57. The third-order valence-electron chi connectivity index (χ3n) is 11.2. The summed E-state index contributed by atoms with van der Waals surface area (Å²) in [5, 5.41) is 32.9. The summed E-state index contributed by atoms with van der Waals surface area (Å²) in [6.07, 6.45) is 6.28. The number of phenols is 2. The van der Waals surface area contributed by atoms with Gasteiger partial charge in [0.2, 0.25) is 11.8 Å². The highest BCUT2D eigenvalue weighted by molar-refractivity contribution is 7.99. The molecule has 3 unspecified atom stereocenters. The highest BCUT2D eigenvalue weighted by atomic mass is 32.2. The van der Waals surface area contributed by atoms with Crippen LogP contribution in [0.2, 0.25) is 0 Å². The van der Waals surface area contributed by atoms with Crippen LogP contribution in [0.5, 0.6) is 11.5 Å². The molecule has 9 nitrogen and oxygen atoms in total. The van der Waals surface area contributed by atoms with Gasteiger partial charge in [-0.15, -0.1) is 0 Å². The van der Waals surface area contributed by atoms with Gasteiger partial charge in [0.1, 0.15) is 18.2 Å². The summed E-state index contributed by atoms with van der Waals surface area (Å²) >= 11 is 1.63. The number of phenolic OH excluding ortho intramolecular Hbond substituents is 2. The number of esters is 1. The Kier molecular flexibility index (Phi) is 9.57. The molecule has 4 fully saturated rings. The zero-order valence-electron chi connectivity index (χ0n) is 25.7. The molecule has 1 aromatic rings. The van der Waals surface area contributed by atoms with Gasteiger partial charge in [-0.25, -0.2) is 4.79 Å². The first-order valence-electron chi connectivity index (χ1n) is 16.0. The number of hydrogen-bond donors (Lipinski definition) is 4. The number of fused-ring (bicyclic) bond motifs is 1. The molecule has 0 radical (unpaired) electrons.